The summed E-state index contributed by atoms with van der Waals surface area (Å²) < 4.78 is 5.54. The molecule has 0 saturated carbocycles. The second-order valence-corrected chi connectivity index (χ2v) is 3.16. The van der Waals surface area contributed by atoms with Crippen molar-refractivity contribution in [1.82, 2.24) is 0 Å². The molecule has 16 heavy (non-hydrogen) atoms. The van der Waals surface area contributed by atoms with Crippen LogP contribution < -0.4 is 16.2 Å². The summed E-state index contributed by atoms with van der Waals surface area (Å²) in [4.78, 5) is 0. The van der Waals surface area contributed by atoms with Gasteiger partial charge in [0, 0.05) is 5.56 Å². The normalized spacial score (nSPS) is 10.3. The largest absolute Gasteiger partial charge is 0.493 e. The zero-order valence-corrected chi connectivity index (χ0v) is 9.26. The Morgan fingerprint density at radius 1 is 1.38 bits per heavy atom. The molecule has 0 aromatic heterocycles. The van der Waals surface area contributed by atoms with E-state index in [1.165, 1.54) is 0 Å². The van der Waals surface area contributed by atoms with Crippen LogP contribution in [0.4, 0.5) is 0 Å². The third-order valence-corrected chi connectivity index (χ3v) is 1.75. The molecule has 1 aromatic rings. The van der Waals surface area contributed by atoms with E-state index < -0.39 is 0 Å². The highest BCUT2D eigenvalue weighted by Crippen LogP contribution is 2.15. The summed E-state index contributed by atoms with van der Waals surface area (Å²) in [7, 11) is 0. The molecule has 0 heterocycles. The van der Waals surface area contributed by atoms with E-state index in [1.807, 2.05) is 24.3 Å². The van der Waals surface area contributed by atoms with Gasteiger partial charge in [0.1, 0.15) is 5.75 Å². The van der Waals surface area contributed by atoms with Gasteiger partial charge < -0.3 is 16.2 Å². The lowest BCUT2D eigenvalue weighted by atomic mass is 10.2. The topological polar surface area (TPSA) is 86.0 Å². The van der Waals surface area contributed by atoms with Gasteiger partial charge in [0.2, 0.25) is 5.96 Å². The minimum Gasteiger partial charge on any atom is -0.493 e. The number of hydrogen-bond donors (Lipinski definition) is 2. The summed E-state index contributed by atoms with van der Waals surface area (Å²) >= 11 is 0. The van der Waals surface area contributed by atoms with Crippen LogP contribution in [0, 0.1) is 0 Å². The predicted octanol–water partition coefficient (Wildman–Crippen LogP) is 1.08. The Hall–Kier alpha value is -2.04. The molecule has 86 valence electrons. The molecule has 1 aromatic carbocycles. The van der Waals surface area contributed by atoms with Gasteiger partial charge >= 0.3 is 0 Å². The van der Waals surface area contributed by atoms with Crippen molar-refractivity contribution in [2.45, 2.75) is 13.3 Å². The number of benzene rings is 1. The van der Waals surface area contributed by atoms with Crippen molar-refractivity contribution >= 4 is 12.2 Å². The van der Waals surface area contributed by atoms with Crippen molar-refractivity contribution in [3.05, 3.63) is 29.8 Å². The first-order valence-corrected chi connectivity index (χ1v) is 5.08. The number of ether oxygens (including phenoxy) is 1. The first kappa shape index (κ1) is 12.0. The first-order valence-electron chi connectivity index (χ1n) is 5.08. The molecule has 0 saturated heterocycles. The Bertz CT molecular complexity index is 383. The van der Waals surface area contributed by atoms with Crippen molar-refractivity contribution in [2.24, 2.45) is 21.7 Å². The van der Waals surface area contributed by atoms with E-state index in [1.54, 1.807) is 6.21 Å². The van der Waals surface area contributed by atoms with E-state index in [0.29, 0.717) is 6.61 Å². The van der Waals surface area contributed by atoms with Crippen LogP contribution >= 0.6 is 0 Å². The summed E-state index contributed by atoms with van der Waals surface area (Å²) in [5.74, 6) is 0.710. The first-order chi connectivity index (χ1) is 7.74. The Balaban J connectivity index is 2.78. The third kappa shape index (κ3) is 4.00. The number of para-hydroxylation sites is 1. The molecule has 5 heteroatoms. The lowest BCUT2D eigenvalue weighted by Gasteiger charge is -2.06. The van der Waals surface area contributed by atoms with Gasteiger partial charge in [0.05, 0.1) is 12.8 Å². The van der Waals surface area contributed by atoms with Crippen molar-refractivity contribution in [3.63, 3.8) is 0 Å². The quantitative estimate of drug-likeness (QED) is 0.442. The zero-order valence-electron chi connectivity index (χ0n) is 9.26. The van der Waals surface area contributed by atoms with Gasteiger partial charge in [-0.25, -0.2) is 0 Å². The number of nitrogens with zero attached hydrogens (tertiary/aromatic N) is 2. The molecule has 0 atom stereocenters. The maximum absolute atomic E-state index is 5.54. The minimum absolute atomic E-state index is 0.0665. The molecule has 0 aliphatic carbocycles. The monoisotopic (exact) mass is 220 g/mol. The van der Waals surface area contributed by atoms with Crippen molar-refractivity contribution < 1.29 is 4.74 Å². The van der Waals surface area contributed by atoms with Crippen LogP contribution in [0.5, 0.6) is 5.75 Å². The fraction of sp³-hybridized carbons (Fsp3) is 0.273. The van der Waals surface area contributed by atoms with Gasteiger partial charge in [0.15, 0.2) is 0 Å². The Labute approximate surface area is 94.8 Å². The van der Waals surface area contributed by atoms with Crippen LogP contribution in [-0.4, -0.2) is 18.8 Å². The maximum Gasteiger partial charge on any atom is 0.211 e. The van der Waals surface area contributed by atoms with Crippen LogP contribution in [-0.2, 0) is 0 Å². The second kappa shape index (κ2) is 6.44. The molecular weight excluding hydrogens is 204 g/mol. The molecule has 4 N–H and O–H groups in total. The van der Waals surface area contributed by atoms with Gasteiger partial charge in [0.25, 0.3) is 0 Å². The highest BCUT2D eigenvalue weighted by molar-refractivity contribution is 5.84. The Morgan fingerprint density at radius 2 is 2.12 bits per heavy atom. The minimum atomic E-state index is -0.0665. The van der Waals surface area contributed by atoms with E-state index in [9.17, 15) is 0 Å². The van der Waals surface area contributed by atoms with Gasteiger partial charge in [-0.3, -0.25) is 0 Å². The highest BCUT2D eigenvalue weighted by Gasteiger charge is 1.98. The lowest BCUT2D eigenvalue weighted by Crippen LogP contribution is -2.21. The van der Waals surface area contributed by atoms with Crippen molar-refractivity contribution in [2.75, 3.05) is 6.61 Å². The summed E-state index contributed by atoms with van der Waals surface area (Å²) in [6, 6.07) is 7.57. The van der Waals surface area contributed by atoms with Gasteiger partial charge in [-0.15, -0.1) is 5.10 Å². The predicted molar refractivity (Wildman–Crippen MR) is 65.6 cm³/mol. The molecular formula is C11H16N4O. The molecule has 0 fully saturated rings. The van der Waals surface area contributed by atoms with Gasteiger partial charge in [-0.2, -0.15) is 5.10 Å². The second-order valence-electron chi connectivity index (χ2n) is 3.16. The molecule has 1 rings (SSSR count). The van der Waals surface area contributed by atoms with E-state index in [-0.39, 0.29) is 5.96 Å². The van der Waals surface area contributed by atoms with Crippen LogP contribution in [0.2, 0.25) is 0 Å². The molecule has 0 amide bonds. The molecule has 0 unspecified atom stereocenters. The van der Waals surface area contributed by atoms with Gasteiger partial charge in [-0.1, -0.05) is 19.1 Å². The average molecular weight is 220 g/mol. The third-order valence-electron chi connectivity index (χ3n) is 1.75. The number of rotatable bonds is 5. The van der Waals surface area contributed by atoms with Crippen molar-refractivity contribution in [1.29, 1.82) is 0 Å². The average Bonchev–Trinajstić information content (AvgIpc) is 2.27. The molecule has 0 bridgehead atoms. The molecule has 0 aliphatic rings. The van der Waals surface area contributed by atoms with Crippen LogP contribution in [0.15, 0.2) is 34.5 Å². The van der Waals surface area contributed by atoms with Crippen LogP contribution in [0.3, 0.4) is 0 Å². The van der Waals surface area contributed by atoms with Crippen molar-refractivity contribution in [3.8, 4) is 5.75 Å². The van der Waals surface area contributed by atoms with E-state index in [4.69, 9.17) is 16.2 Å². The summed E-state index contributed by atoms with van der Waals surface area (Å²) in [5, 5.41) is 7.27. The van der Waals surface area contributed by atoms with E-state index in [0.717, 1.165) is 17.7 Å². The highest BCUT2D eigenvalue weighted by atomic mass is 16.5. The molecule has 5 nitrogen and oxygen atoms in total. The van der Waals surface area contributed by atoms with E-state index in [2.05, 4.69) is 17.1 Å². The molecule has 0 spiro atoms. The summed E-state index contributed by atoms with van der Waals surface area (Å²) in [5.41, 5.74) is 11.2. The smallest absolute Gasteiger partial charge is 0.211 e. The fourth-order valence-corrected chi connectivity index (χ4v) is 1.09. The summed E-state index contributed by atoms with van der Waals surface area (Å²) in [6.45, 7) is 2.73. The maximum atomic E-state index is 5.54. The van der Waals surface area contributed by atoms with E-state index >= 15 is 0 Å². The SMILES string of the molecule is CCCOc1ccccc1/C=N/N=C(N)N. The van der Waals surface area contributed by atoms with Gasteiger partial charge in [-0.05, 0) is 18.6 Å². The lowest BCUT2D eigenvalue weighted by molar-refractivity contribution is 0.317. The molecule has 0 radical (unpaired) electrons. The Morgan fingerprint density at radius 3 is 2.81 bits per heavy atom. The number of nitrogens with two attached hydrogens (primary N) is 2. The fourth-order valence-electron chi connectivity index (χ4n) is 1.09. The van der Waals surface area contributed by atoms with Crippen LogP contribution in [0.1, 0.15) is 18.9 Å². The number of hydrogen-bond acceptors (Lipinski definition) is 3. The number of guanidine groups is 1. The summed E-state index contributed by atoms with van der Waals surface area (Å²) in [6.07, 6.45) is 2.52. The molecule has 0 aliphatic heterocycles. The van der Waals surface area contributed by atoms with Crippen LogP contribution in [0.25, 0.3) is 0 Å². The zero-order chi connectivity index (χ0) is 11.8. The standard InChI is InChI=1S/C11H16N4O/c1-2-7-16-10-6-4-3-5-9(10)8-14-15-11(12)13/h3-6,8H,2,7H2,1H3,(H4,12,13,15)/b14-8+. The Kier molecular flexibility index (Phi) is 4.85.